The van der Waals surface area contributed by atoms with Crippen molar-refractivity contribution in [3.05, 3.63) is 22.6 Å². The van der Waals surface area contributed by atoms with E-state index in [2.05, 4.69) is 20.0 Å². The number of rotatable bonds is 1. The Hall–Kier alpha value is -1.96. The Labute approximate surface area is 87.1 Å². The lowest BCUT2D eigenvalue weighted by Crippen LogP contribution is -2.25. The fourth-order valence-corrected chi connectivity index (χ4v) is 2.12. The standard InChI is InChI=1S/C7H5N5O2S/c1-4-6(10-14-12(4)13)5-2-15-7-9-8-3-11(5)7/h2-3H,1H3. The van der Waals surface area contributed by atoms with Gasteiger partial charge in [0.15, 0.2) is 0 Å². The molecular formula is C7H5N5O2S. The van der Waals surface area contributed by atoms with Gasteiger partial charge < -0.3 is 5.21 Å². The van der Waals surface area contributed by atoms with Crippen LogP contribution in [0.1, 0.15) is 5.69 Å². The maximum Gasteiger partial charge on any atom is 0.268 e. The molecule has 0 aliphatic heterocycles. The van der Waals surface area contributed by atoms with Crippen molar-refractivity contribution in [2.24, 2.45) is 0 Å². The van der Waals surface area contributed by atoms with E-state index in [0.29, 0.717) is 16.3 Å². The van der Waals surface area contributed by atoms with Crippen molar-refractivity contribution < 1.29 is 9.53 Å². The molecule has 3 aromatic rings. The van der Waals surface area contributed by atoms with Gasteiger partial charge in [-0.1, -0.05) is 0 Å². The second-order valence-electron chi connectivity index (χ2n) is 2.97. The third-order valence-corrected chi connectivity index (χ3v) is 2.95. The normalized spacial score (nSPS) is 11.3. The molecule has 0 spiro atoms. The minimum Gasteiger partial charge on any atom is -0.359 e. The molecule has 0 aliphatic rings. The van der Waals surface area contributed by atoms with Gasteiger partial charge in [0, 0.05) is 17.5 Å². The van der Waals surface area contributed by atoms with Crippen LogP contribution >= 0.6 is 11.3 Å². The van der Waals surface area contributed by atoms with Gasteiger partial charge in [-0.15, -0.1) is 21.5 Å². The van der Waals surface area contributed by atoms with Gasteiger partial charge in [-0.3, -0.25) is 9.03 Å². The Kier molecular flexibility index (Phi) is 1.54. The third-order valence-electron chi connectivity index (χ3n) is 2.12. The molecule has 0 saturated carbocycles. The maximum atomic E-state index is 11.1. The van der Waals surface area contributed by atoms with Crippen molar-refractivity contribution in [3.63, 3.8) is 0 Å². The highest BCUT2D eigenvalue weighted by Crippen LogP contribution is 2.24. The Morgan fingerprint density at radius 3 is 3.20 bits per heavy atom. The van der Waals surface area contributed by atoms with E-state index in [1.165, 1.54) is 11.3 Å². The molecular weight excluding hydrogens is 218 g/mol. The smallest absolute Gasteiger partial charge is 0.268 e. The van der Waals surface area contributed by atoms with Crippen LogP contribution in [0.25, 0.3) is 16.3 Å². The van der Waals surface area contributed by atoms with E-state index in [-0.39, 0.29) is 0 Å². The first-order valence-electron chi connectivity index (χ1n) is 4.11. The molecule has 0 N–H and O–H groups in total. The minimum absolute atomic E-state index is 0.378. The van der Waals surface area contributed by atoms with Crippen LogP contribution < -0.4 is 4.90 Å². The number of aromatic nitrogens is 5. The van der Waals surface area contributed by atoms with Crippen molar-refractivity contribution >= 4 is 16.3 Å². The zero-order chi connectivity index (χ0) is 10.4. The first kappa shape index (κ1) is 8.36. The number of thiazole rings is 1. The van der Waals surface area contributed by atoms with E-state index in [1.807, 2.05) is 5.38 Å². The van der Waals surface area contributed by atoms with E-state index in [4.69, 9.17) is 0 Å². The summed E-state index contributed by atoms with van der Waals surface area (Å²) in [7, 11) is 0. The molecule has 0 aliphatic carbocycles. The molecule has 0 saturated heterocycles. The molecule has 0 atom stereocenters. The molecule has 0 unspecified atom stereocenters. The Morgan fingerprint density at radius 2 is 2.47 bits per heavy atom. The van der Waals surface area contributed by atoms with Crippen molar-refractivity contribution in [1.29, 1.82) is 0 Å². The van der Waals surface area contributed by atoms with E-state index < -0.39 is 0 Å². The number of nitrogens with zero attached hydrogens (tertiary/aromatic N) is 5. The van der Waals surface area contributed by atoms with Crippen LogP contribution in [0, 0.1) is 12.1 Å². The SMILES string of the molecule is Cc1c(-c2csc3nncn23)no[n+]1[O-]. The quantitative estimate of drug-likeness (QED) is 0.557. The van der Waals surface area contributed by atoms with Gasteiger partial charge in [-0.2, -0.15) is 0 Å². The van der Waals surface area contributed by atoms with E-state index in [9.17, 15) is 5.21 Å². The Balaban J connectivity index is 2.30. The molecule has 0 amide bonds. The van der Waals surface area contributed by atoms with Crippen LogP contribution in [0.15, 0.2) is 16.3 Å². The van der Waals surface area contributed by atoms with Crippen molar-refractivity contribution in [1.82, 2.24) is 19.8 Å². The Morgan fingerprint density at radius 1 is 1.60 bits per heavy atom. The molecule has 15 heavy (non-hydrogen) atoms. The van der Waals surface area contributed by atoms with Gasteiger partial charge in [-0.05, 0) is 4.90 Å². The van der Waals surface area contributed by atoms with Crippen LogP contribution in [0.4, 0.5) is 0 Å². The molecule has 3 heterocycles. The van der Waals surface area contributed by atoms with Gasteiger partial charge in [0.2, 0.25) is 10.7 Å². The van der Waals surface area contributed by atoms with Crippen LogP contribution in [-0.4, -0.2) is 19.8 Å². The highest BCUT2D eigenvalue weighted by Gasteiger charge is 2.20. The summed E-state index contributed by atoms with van der Waals surface area (Å²) in [6.45, 7) is 1.65. The van der Waals surface area contributed by atoms with E-state index in [1.54, 1.807) is 17.7 Å². The van der Waals surface area contributed by atoms with Crippen molar-refractivity contribution in [2.45, 2.75) is 6.92 Å². The van der Waals surface area contributed by atoms with E-state index >= 15 is 0 Å². The predicted molar refractivity (Wildman–Crippen MR) is 50.1 cm³/mol. The van der Waals surface area contributed by atoms with Gasteiger partial charge in [0.05, 0.1) is 0 Å². The molecule has 0 bridgehead atoms. The third kappa shape index (κ3) is 1.05. The first-order chi connectivity index (χ1) is 7.27. The summed E-state index contributed by atoms with van der Waals surface area (Å²) in [6, 6.07) is 0. The number of hydrogen-bond donors (Lipinski definition) is 0. The van der Waals surface area contributed by atoms with Crippen molar-refractivity contribution in [3.8, 4) is 11.4 Å². The average molecular weight is 223 g/mol. The molecule has 0 fully saturated rings. The summed E-state index contributed by atoms with van der Waals surface area (Å²) in [5.41, 5.74) is 1.69. The Bertz CT molecular complexity index is 624. The topological polar surface area (TPSA) is 83.2 Å². The molecule has 3 aromatic heterocycles. The fraction of sp³-hybridized carbons (Fsp3) is 0.143. The van der Waals surface area contributed by atoms with Crippen molar-refractivity contribution in [2.75, 3.05) is 0 Å². The number of fused-ring (bicyclic) bond motifs is 1. The van der Waals surface area contributed by atoms with Gasteiger partial charge >= 0.3 is 0 Å². The minimum atomic E-state index is 0.378. The summed E-state index contributed by atoms with van der Waals surface area (Å²) >= 11 is 1.43. The second-order valence-corrected chi connectivity index (χ2v) is 3.81. The average Bonchev–Trinajstić information content (AvgIpc) is 2.85. The zero-order valence-electron chi connectivity index (χ0n) is 7.62. The lowest BCUT2D eigenvalue weighted by atomic mass is 10.3. The lowest BCUT2D eigenvalue weighted by Gasteiger charge is -1.89. The molecule has 7 nitrogen and oxygen atoms in total. The molecule has 76 valence electrons. The summed E-state index contributed by atoms with van der Waals surface area (Å²) in [5.74, 6) is 0. The van der Waals surface area contributed by atoms with Gasteiger partial charge in [-0.25, -0.2) is 0 Å². The largest absolute Gasteiger partial charge is 0.359 e. The summed E-state index contributed by atoms with van der Waals surface area (Å²) in [4.78, 5) is 1.13. The summed E-state index contributed by atoms with van der Waals surface area (Å²) < 4.78 is 6.27. The molecule has 8 heteroatoms. The van der Waals surface area contributed by atoms with Crippen LogP contribution in [0.5, 0.6) is 0 Å². The summed E-state index contributed by atoms with van der Waals surface area (Å²) in [5, 5.41) is 24.3. The van der Waals surface area contributed by atoms with Crippen LogP contribution in [0.3, 0.4) is 0 Å². The highest BCUT2D eigenvalue weighted by atomic mass is 32.1. The van der Waals surface area contributed by atoms with E-state index in [0.717, 1.165) is 10.7 Å². The van der Waals surface area contributed by atoms with Gasteiger partial charge in [0.1, 0.15) is 12.0 Å². The maximum absolute atomic E-state index is 11.1. The predicted octanol–water partition coefficient (Wildman–Crippen LogP) is 0.388. The number of hydrogen-bond acceptors (Lipinski definition) is 6. The molecule has 0 aromatic carbocycles. The monoisotopic (exact) mass is 223 g/mol. The molecule has 3 rings (SSSR count). The van der Waals surface area contributed by atoms with Crippen LogP contribution in [-0.2, 0) is 0 Å². The lowest BCUT2D eigenvalue weighted by molar-refractivity contribution is -0.806. The van der Waals surface area contributed by atoms with Gasteiger partial charge in [0.25, 0.3) is 5.69 Å². The zero-order valence-corrected chi connectivity index (χ0v) is 8.43. The highest BCUT2D eigenvalue weighted by molar-refractivity contribution is 7.15. The van der Waals surface area contributed by atoms with Crippen LogP contribution in [0.2, 0.25) is 0 Å². The second kappa shape index (κ2) is 2.76. The first-order valence-corrected chi connectivity index (χ1v) is 4.99. The molecule has 0 radical (unpaired) electrons. The fourth-order valence-electron chi connectivity index (χ4n) is 1.33. The summed E-state index contributed by atoms with van der Waals surface area (Å²) in [6.07, 6.45) is 1.57.